The van der Waals surface area contributed by atoms with Crippen LogP contribution in [0.2, 0.25) is 0 Å². The van der Waals surface area contributed by atoms with Crippen molar-refractivity contribution in [3.63, 3.8) is 0 Å². The molecule has 0 amide bonds. The van der Waals surface area contributed by atoms with E-state index in [-0.39, 0.29) is 0 Å². The van der Waals surface area contributed by atoms with Crippen molar-refractivity contribution in [2.45, 2.75) is 32.1 Å². The molecule has 3 heteroatoms. The summed E-state index contributed by atoms with van der Waals surface area (Å²) >= 11 is 5.69. The van der Waals surface area contributed by atoms with Crippen molar-refractivity contribution < 1.29 is 0 Å². The number of thiophene rings is 1. The highest BCUT2D eigenvalue weighted by Crippen LogP contribution is 2.39. The van der Waals surface area contributed by atoms with Gasteiger partial charge in [-0.05, 0) is 60.1 Å². The molecule has 0 radical (unpaired) electrons. The Hall–Kier alpha value is 0.140. The first-order valence-electron chi connectivity index (χ1n) is 4.82. The van der Waals surface area contributed by atoms with Gasteiger partial charge in [0, 0.05) is 14.2 Å². The average Bonchev–Trinajstić information content (AvgIpc) is 2.67. The molecule has 2 N–H and O–H groups in total. The molecule has 1 aliphatic carbocycles. The molecule has 0 aromatic carbocycles. The second-order valence-corrected chi connectivity index (χ2v) is 5.47. The second-order valence-electron chi connectivity index (χ2n) is 3.49. The topological polar surface area (TPSA) is 26.0 Å². The van der Waals surface area contributed by atoms with E-state index in [9.17, 15) is 0 Å². The van der Waals surface area contributed by atoms with Crippen LogP contribution in [0.15, 0.2) is 4.47 Å². The van der Waals surface area contributed by atoms with E-state index in [4.69, 9.17) is 5.73 Å². The molecule has 0 aliphatic heterocycles. The van der Waals surface area contributed by atoms with Crippen LogP contribution in [0.3, 0.4) is 0 Å². The first-order chi connectivity index (χ1) is 6.33. The van der Waals surface area contributed by atoms with Gasteiger partial charge in [0.1, 0.15) is 0 Å². The Labute approximate surface area is 91.5 Å². The molecule has 1 nitrogen and oxygen atoms in total. The first-order valence-corrected chi connectivity index (χ1v) is 6.43. The van der Waals surface area contributed by atoms with Crippen molar-refractivity contribution >= 4 is 27.3 Å². The van der Waals surface area contributed by atoms with Crippen molar-refractivity contribution in [3.05, 3.63) is 19.8 Å². The third kappa shape index (κ3) is 1.83. The number of nitrogens with two attached hydrogens (primary N) is 1. The van der Waals surface area contributed by atoms with Crippen LogP contribution in [0, 0.1) is 0 Å². The second kappa shape index (κ2) is 4.11. The molecule has 0 spiro atoms. The highest BCUT2D eigenvalue weighted by Gasteiger charge is 2.19. The van der Waals surface area contributed by atoms with Crippen LogP contribution in [0.25, 0.3) is 0 Å². The third-order valence-corrected chi connectivity index (χ3v) is 5.10. The number of hydrogen-bond acceptors (Lipinski definition) is 2. The Bertz CT molecular complexity index is 306. The Kier molecular flexibility index (Phi) is 3.06. The first kappa shape index (κ1) is 9.69. The van der Waals surface area contributed by atoms with Crippen molar-refractivity contribution in [1.82, 2.24) is 0 Å². The van der Waals surface area contributed by atoms with Crippen molar-refractivity contribution in [2.24, 2.45) is 5.73 Å². The van der Waals surface area contributed by atoms with Gasteiger partial charge in [-0.3, -0.25) is 0 Å². The van der Waals surface area contributed by atoms with Crippen LogP contribution in [-0.4, -0.2) is 6.54 Å². The molecule has 1 aromatic rings. The Morgan fingerprint density at radius 3 is 2.92 bits per heavy atom. The van der Waals surface area contributed by atoms with Gasteiger partial charge in [-0.25, -0.2) is 0 Å². The zero-order valence-electron chi connectivity index (χ0n) is 7.61. The SMILES string of the molecule is NCCCc1sc2c(c1Br)CCC2. The van der Waals surface area contributed by atoms with E-state index in [1.807, 2.05) is 11.3 Å². The van der Waals surface area contributed by atoms with Crippen LogP contribution in [-0.2, 0) is 19.3 Å². The predicted octanol–water partition coefficient (Wildman–Crippen LogP) is 2.89. The molecule has 1 heterocycles. The summed E-state index contributed by atoms with van der Waals surface area (Å²) in [7, 11) is 0. The predicted molar refractivity (Wildman–Crippen MR) is 61.4 cm³/mol. The van der Waals surface area contributed by atoms with Gasteiger partial charge in [0.25, 0.3) is 0 Å². The summed E-state index contributed by atoms with van der Waals surface area (Å²) in [6.07, 6.45) is 6.17. The Morgan fingerprint density at radius 2 is 2.23 bits per heavy atom. The lowest BCUT2D eigenvalue weighted by Crippen LogP contribution is -1.99. The zero-order valence-corrected chi connectivity index (χ0v) is 10.0. The monoisotopic (exact) mass is 259 g/mol. The van der Waals surface area contributed by atoms with Crippen LogP contribution < -0.4 is 5.73 Å². The summed E-state index contributed by atoms with van der Waals surface area (Å²) in [4.78, 5) is 3.12. The average molecular weight is 260 g/mol. The lowest BCUT2D eigenvalue weighted by molar-refractivity contribution is 0.838. The maximum Gasteiger partial charge on any atom is 0.0349 e. The van der Waals surface area contributed by atoms with Gasteiger partial charge in [0.15, 0.2) is 0 Å². The minimum atomic E-state index is 0.801. The van der Waals surface area contributed by atoms with Gasteiger partial charge in [-0.1, -0.05) is 0 Å². The molecular formula is C10H14BrNS. The van der Waals surface area contributed by atoms with E-state index in [0.717, 1.165) is 19.4 Å². The van der Waals surface area contributed by atoms with E-state index in [1.165, 1.54) is 28.6 Å². The largest absolute Gasteiger partial charge is 0.330 e. The summed E-state index contributed by atoms with van der Waals surface area (Å²) in [5, 5.41) is 0. The van der Waals surface area contributed by atoms with Gasteiger partial charge >= 0.3 is 0 Å². The number of hydrogen-bond donors (Lipinski definition) is 1. The molecule has 0 fully saturated rings. The standard InChI is InChI=1S/C10H14BrNS/c11-10-7-3-1-4-8(7)13-9(10)5-2-6-12/h1-6,12H2. The summed E-state index contributed by atoms with van der Waals surface area (Å²) in [5.41, 5.74) is 7.09. The van der Waals surface area contributed by atoms with Crippen molar-refractivity contribution in [3.8, 4) is 0 Å². The summed E-state index contributed by atoms with van der Waals surface area (Å²) in [6, 6.07) is 0. The quantitative estimate of drug-likeness (QED) is 0.888. The fraction of sp³-hybridized carbons (Fsp3) is 0.600. The van der Waals surface area contributed by atoms with E-state index in [2.05, 4.69) is 15.9 Å². The van der Waals surface area contributed by atoms with E-state index >= 15 is 0 Å². The molecule has 13 heavy (non-hydrogen) atoms. The molecule has 0 unspecified atom stereocenters. The molecule has 0 bridgehead atoms. The number of halogens is 1. The lowest BCUT2D eigenvalue weighted by Gasteiger charge is -1.97. The minimum absolute atomic E-state index is 0.801. The van der Waals surface area contributed by atoms with Crippen LogP contribution in [0.1, 0.15) is 28.2 Å². The molecule has 1 aromatic heterocycles. The summed E-state index contributed by atoms with van der Waals surface area (Å²) in [5.74, 6) is 0. The maximum absolute atomic E-state index is 5.51. The summed E-state index contributed by atoms with van der Waals surface area (Å²) < 4.78 is 1.39. The molecular weight excluding hydrogens is 246 g/mol. The molecule has 1 aliphatic rings. The van der Waals surface area contributed by atoms with E-state index in [1.54, 1.807) is 10.4 Å². The number of rotatable bonds is 3. The molecule has 0 saturated carbocycles. The number of fused-ring (bicyclic) bond motifs is 1. The van der Waals surface area contributed by atoms with Gasteiger partial charge < -0.3 is 5.73 Å². The zero-order chi connectivity index (χ0) is 9.26. The molecule has 2 rings (SSSR count). The van der Waals surface area contributed by atoms with E-state index in [0.29, 0.717) is 0 Å². The third-order valence-electron chi connectivity index (χ3n) is 2.53. The number of aryl methyl sites for hydroxylation is 2. The van der Waals surface area contributed by atoms with Gasteiger partial charge in [-0.2, -0.15) is 0 Å². The minimum Gasteiger partial charge on any atom is -0.330 e. The molecule has 0 atom stereocenters. The normalized spacial score (nSPS) is 14.9. The van der Waals surface area contributed by atoms with Gasteiger partial charge in [0.2, 0.25) is 0 Å². The Morgan fingerprint density at radius 1 is 1.38 bits per heavy atom. The summed E-state index contributed by atoms with van der Waals surface area (Å²) in [6.45, 7) is 0.801. The van der Waals surface area contributed by atoms with Gasteiger partial charge in [0.05, 0.1) is 0 Å². The Balaban J connectivity index is 2.18. The molecule has 72 valence electrons. The van der Waals surface area contributed by atoms with Crippen LogP contribution in [0.5, 0.6) is 0 Å². The van der Waals surface area contributed by atoms with Crippen LogP contribution >= 0.6 is 27.3 Å². The lowest BCUT2D eigenvalue weighted by atomic mass is 10.2. The maximum atomic E-state index is 5.51. The smallest absolute Gasteiger partial charge is 0.0349 e. The van der Waals surface area contributed by atoms with E-state index < -0.39 is 0 Å². The van der Waals surface area contributed by atoms with Crippen LogP contribution in [0.4, 0.5) is 0 Å². The van der Waals surface area contributed by atoms with Crippen molar-refractivity contribution in [2.75, 3.05) is 6.54 Å². The fourth-order valence-corrected chi connectivity index (χ4v) is 4.19. The highest BCUT2D eigenvalue weighted by atomic mass is 79.9. The van der Waals surface area contributed by atoms with Gasteiger partial charge in [-0.15, -0.1) is 11.3 Å². The molecule has 0 saturated heterocycles. The van der Waals surface area contributed by atoms with Crippen molar-refractivity contribution in [1.29, 1.82) is 0 Å². The highest BCUT2D eigenvalue weighted by molar-refractivity contribution is 9.10. The fourth-order valence-electron chi connectivity index (χ4n) is 1.85.